The van der Waals surface area contributed by atoms with E-state index in [0.29, 0.717) is 16.8 Å². The first-order valence-electron chi connectivity index (χ1n) is 5.68. The molecule has 0 aliphatic heterocycles. The van der Waals surface area contributed by atoms with Crippen molar-refractivity contribution in [1.29, 1.82) is 0 Å². The summed E-state index contributed by atoms with van der Waals surface area (Å²) >= 11 is 11.9. The molecule has 1 aromatic heterocycles. The van der Waals surface area contributed by atoms with Gasteiger partial charge in [-0.2, -0.15) is 5.10 Å². The van der Waals surface area contributed by atoms with Crippen molar-refractivity contribution in [2.75, 3.05) is 0 Å². The predicted octanol–water partition coefficient (Wildman–Crippen LogP) is 4.14. The maximum atomic E-state index is 6.14. The zero-order valence-corrected chi connectivity index (χ0v) is 10.7. The second-order valence-electron chi connectivity index (χ2n) is 4.37. The summed E-state index contributed by atoms with van der Waals surface area (Å²) in [5.41, 5.74) is 3.12. The highest BCUT2D eigenvalue weighted by atomic mass is 35.5. The van der Waals surface area contributed by atoms with Gasteiger partial charge < -0.3 is 0 Å². The quantitative estimate of drug-likeness (QED) is 0.764. The number of alkyl halides is 1. The van der Waals surface area contributed by atoms with Crippen LogP contribution in [0, 0.1) is 0 Å². The average Bonchev–Trinajstić information content (AvgIpc) is 3.07. The molecule has 88 valence electrons. The van der Waals surface area contributed by atoms with Gasteiger partial charge in [-0.3, -0.25) is 0 Å². The van der Waals surface area contributed by atoms with Crippen LogP contribution in [0.5, 0.6) is 0 Å². The first kappa shape index (κ1) is 11.1. The van der Waals surface area contributed by atoms with Crippen LogP contribution in [0.1, 0.15) is 30.0 Å². The molecule has 1 saturated carbocycles. The van der Waals surface area contributed by atoms with Crippen LogP contribution in [0.15, 0.2) is 30.5 Å². The van der Waals surface area contributed by atoms with E-state index in [1.165, 1.54) is 18.5 Å². The molecule has 0 N–H and O–H groups in total. The van der Waals surface area contributed by atoms with Crippen molar-refractivity contribution >= 4 is 23.2 Å². The van der Waals surface area contributed by atoms with Crippen LogP contribution in [0.4, 0.5) is 0 Å². The zero-order valence-electron chi connectivity index (χ0n) is 9.24. The molecule has 0 radical (unpaired) electrons. The molecule has 1 fully saturated rings. The van der Waals surface area contributed by atoms with E-state index in [1.807, 2.05) is 29.1 Å². The Labute approximate surface area is 110 Å². The van der Waals surface area contributed by atoms with Crippen molar-refractivity contribution in [3.05, 3.63) is 46.7 Å². The second-order valence-corrected chi connectivity index (χ2v) is 5.04. The van der Waals surface area contributed by atoms with Gasteiger partial charge in [0.05, 0.1) is 11.4 Å². The molecule has 1 aliphatic carbocycles. The van der Waals surface area contributed by atoms with Crippen LogP contribution in [-0.2, 0) is 5.88 Å². The molecule has 0 spiro atoms. The van der Waals surface area contributed by atoms with Crippen molar-refractivity contribution < 1.29 is 0 Å². The molecular weight excluding hydrogens is 255 g/mol. The monoisotopic (exact) mass is 266 g/mol. The van der Waals surface area contributed by atoms with Gasteiger partial charge in [-0.05, 0) is 36.6 Å². The first-order chi connectivity index (χ1) is 8.28. The maximum absolute atomic E-state index is 6.14. The standard InChI is InChI=1S/C13H12Cl2N2/c14-8-10-3-4-11(7-12(10)15)17-6-5-13(16-17)9-1-2-9/h3-7,9H,1-2,8H2. The van der Waals surface area contributed by atoms with E-state index in [0.717, 1.165) is 11.3 Å². The molecule has 0 unspecified atom stereocenters. The van der Waals surface area contributed by atoms with Crippen LogP contribution in [0.2, 0.25) is 5.02 Å². The lowest BCUT2D eigenvalue weighted by Gasteiger charge is -2.05. The number of benzene rings is 1. The summed E-state index contributed by atoms with van der Waals surface area (Å²) in [5.74, 6) is 1.11. The van der Waals surface area contributed by atoms with E-state index in [-0.39, 0.29) is 0 Å². The lowest BCUT2D eigenvalue weighted by molar-refractivity contribution is 0.837. The third-order valence-electron chi connectivity index (χ3n) is 3.05. The smallest absolute Gasteiger partial charge is 0.0660 e. The molecule has 0 amide bonds. The summed E-state index contributed by atoms with van der Waals surface area (Å²) in [7, 11) is 0. The van der Waals surface area contributed by atoms with Gasteiger partial charge >= 0.3 is 0 Å². The topological polar surface area (TPSA) is 17.8 Å². The fourth-order valence-corrected chi connectivity index (χ4v) is 2.41. The fourth-order valence-electron chi connectivity index (χ4n) is 1.87. The van der Waals surface area contributed by atoms with E-state index >= 15 is 0 Å². The van der Waals surface area contributed by atoms with Gasteiger partial charge in [0.25, 0.3) is 0 Å². The molecule has 1 heterocycles. The van der Waals surface area contributed by atoms with E-state index < -0.39 is 0 Å². The fraction of sp³-hybridized carbons (Fsp3) is 0.308. The molecule has 0 atom stereocenters. The van der Waals surface area contributed by atoms with Crippen molar-refractivity contribution in [3.8, 4) is 5.69 Å². The number of rotatable bonds is 3. The first-order valence-corrected chi connectivity index (χ1v) is 6.59. The second kappa shape index (κ2) is 4.35. The summed E-state index contributed by atoms with van der Waals surface area (Å²) in [6.45, 7) is 0. The lowest BCUT2D eigenvalue weighted by Crippen LogP contribution is -1.96. The molecule has 3 rings (SSSR count). The van der Waals surface area contributed by atoms with Crippen molar-refractivity contribution in [2.24, 2.45) is 0 Å². The van der Waals surface area contributed by atoms with Gasteiger partial charge in [0, 0.05) is 23.0 Å². The zero-order chi connectivity index (χ0) is 11.8. The van der Waals surface area contributed by atoms with Crippen LogP contribution in [-0.4, -0.2) is 9.78 Å². The molecule has 0 saturated heterocycles. The van der Waals surface area contributed by atoms with Gasteiger partial charge in [-0.15, -0.1) is 11.6 Å². The number of aromatic nitrogens is 2. The molecule has 0 bridgehead atoms. The van der Waals surface area contributed by atoms with Crippen LogP contribution in [0.3, 0.4) is 0 Å². The van der Waals surface area contributed by atoms with E-state index in [9.17, 15) is 0 Å². The highest BCUT2D eigenvalue weighted by Gasteiger charge is 2.25. The Morgan fingerprint density at radius 3 is 2.76 bits per heavy atom. The van der Waals surface area contributed by atoms with Gasteiger partial charge in [-0.1, -0.05) is 17.7 Å². The molecule has 17 heavy (non-hydrogen) atoms. The maximum Gasteiger partial charge on any atom is 0.0660 e. The Hall–Kier alpha value is -0.990. The highest BCUT2D eigenvalue weighted by molar-refractivity contribution is 6.32. The summed E-state index contributed by atoms with van der Waals surface area (Å²) in [5, 5.41) is 5.26. The largest absolute Gasteiger partial charge is 0.241 e. The van der Waals surface area contributed by atoms with E-state index in [2.05, 4.69) is 11.2 Å². The number of hydrogen-bond acceptors (Lipinski definition) is 1. The van der Waals surface area contributed by atoms with Crippen molar-refractivity contribution in [3.63, 3.8) is 0 Å². The molecule has 1 aromatic carbocycles. The van der Waals surface area contributed by atoms with Gasteiger partial charge in [0.1, 0.15) is 0 Å². The summed E-state index contributed by atoms with van der Waals surface area (Å²) in [6, 6.07) is 7.93. The molecule has 1 aliphatic rings. The Morgan fingerprint density at radius 2 is 2.12 bits per heavy atom. The summed E-state index contributed by atoms with van der Waals surface area (Å²) in [6.07, 6.45) is 4.52. The number of hydrogen-bond donors (Lipinski definition) is 0. The molecule has 2 nitrogen and oxygen atoms in total. The predicted molar refractivity (Wildman–Crippen MR) is 70.1 cm³/mol. The summed E-state index contributed by atoms with van der Waals surface area (Å²) in [4.78, 5) is 0. The van der Waals surface area contributed by atoms with Crippen molar-refractivity contribution in [2.45, 2.75) is 24.6 Å². The lowest BCUT2D eigenvalue weighted by atomic mass is 10.2. The summed E-state index contributed by atoms with van der Waals surface area (Å²) < 4.78 is 1.87. The third kappa shape index (κ3) is 2.20. The van der Waals surface area contributed by atoms with Crippen molar-refractivity contribution in [1.82, 2.24) is 9.78 Å². The minimum absolute atomic E-state index is 0.436. The Kier molecular flexibility index (Phi) is 2.85. The van der Waals surface area contributed by atoms with Gasteiger partial charge in [-0.25, -0.2) is 4.68 Å². The Bertz CT molecular complexity index is 544. The third-order valence-corrected chi connectivity index (χ3v) is 3.69. The van der Waals surface area contributed by atoms with Gasteiger partial charge in [0.15, 0.2) is 0 Å². The van der Waals surface area contributed by atoms with Crippen LogP contribution in [0.25, 0.3) is 5.69 Å². The van der Waals surface area contributed by atoms with Crippen LogP contribution >= 0.6 is 23.2 Å². The molecular formula is C13H12Cl2N2. The van der Waals surface area contributed by atoms with E-state index in [1.54, 1.807) is 0 Å². The number of halogens is 2. The normalized spacial score (nSPS) is 15.2. The van der Waals surface area contributed by atoms with Gasteiger partial charge in [0.2, 0.25) is 0 Å². The highest BCUT2D eigenvalue weighted by Crippen LogP contribution is 2.39. The SMILES string of the molecule is ClCc1ccc(-n2ccc(C3CC3)n2)cc1Cl. The average molecular weight is 267 g/mol. The Morgan fingerprint density at radius 1 is 1.29 bits per heavy atom. The van der Waals surface area contributed by atoms with Crippen LogP contribution < -0.4 is 0 Å². The number of nitrogens with zero attached hydrogens (tertiary/aromatic N) is 2. The minimum Gasteiger partial charge on any atom is -0.241 e. The molecule has 4 heteroatoms. The molecule has 2 aromatic rings. The minimum atomic E-state index is 0.436. The Balaban J connectivity index is 1.93. The van der Waals surface area contributed by atoms with E-state index in [4.69, 9.17) is 23.2 Å².